The zero-order valence-electron chi connectivity index (χ0n) is 19.0. The van der Waals surface area contributed by atoms with Gasteiger partial charge in [-0.1, -0.05) is 45.0 Å². The number of carbonyl (C=O) groups excluding carboxylic acids is 2. The highest BCUT2D eigenvalue weighted by molar-refractivity contribution is 7.11. The normalized spacial score (nSPS) is 12.9. The number of benzene rings is 1. The Bertz CT molecular complexity index is 1300. The molecule has 3 aromatic rings. The van der Waals surface area contributed by atoms with Crippen LogP contribution in [0.15, 0.2) is 40.5 Å². The van der Waals surface area contributed by atoms with E-state index in [2.05, 4.69) is 26.1 Å². The van der Waals surface area contributed by atoms with E-state index in [4.69, 9.17) is 0 Å². The average Bonchev–Trinajstić information content (AvgIpc) is 3.26. The molecule has 1 aromatic carbocycles. The number of hydrogen-bond acceptors (Lipinski definition) is 5. The number of Topliss-reactive ketones (excluding diaryl/α,β-unsaturated/α-hetero) is 1. The first-order chi connectivity index (χ1) is 15.1. The minimum absolute atomic E-state index is 0.00315. The molecule has 0 saturated carbocycles. The molecule has 0 fully saturated rings. The number of hydrogen-bond donors (Lipinski definition) is 1. The lowest BCUT2D eigenvalue weighted by molar-refractivity contribution is -0.121. The Kier molecular flexibility index (Phi) is 7.31. The highest BCUT2D eigenvalue weighted by atomic mass is 32.1. The standard InChI is InChI=1S/C25H28N2O3S2/c1-6-26-22(29)15-27-23(32-21(24(27)30)14-20-16(2)11-12-31-20)13-19(28)17-7-9-18(10-8-17)25(3,4)5/h7-14H,6,15H2,1-5H3,(H,26,29)/b21-14+,23-13-. The van der Waals surface area contributed by atoms with Crippen molar-refractivity contribution in [1.82, 2.24) is 9.88 Å². The van der Waals surface area contributed by atoms with Crippen LogP contribution < -0.4 is 20.1 Å². The topological polar surface area (TPSA) is 68.2 Å². The highest BCUT2D eigenvalue weighted by Gasteiger charge is 2.15. The SMILES string of the molecule is CCNC(=O)Cn1c(=O)/c(=C\c2sccc2C)s/c1=C\C(=O)c1ccc(C(C)(C)C)cc1. The quantitative estimate of drug-likeness (QED) is 0.565. The van der Waals surface area contributed by atoms with E-state index in [9.17, 15) is 14.4 Å². The van der Waals surface area contributed by atoms with Gasteiger partial charge in [0, 0.05) is 23.1 Å². The predicted octanol–water partition coefficient (Wildman–Crippen LogP) is 3.21. The van der Waals surface area contributed by atoms with Crippen LogP contribution in [0.4, 0.5) is 0 Å². The molecule has 7 heteroatoms. The summed E-state index contributed by atoms with van der Waals surface area (Å²) >= 11 is 2.78. The van der Waals surface area contributed by atoms with E-state index in [-0.39, 0.29) is 29.2 Å². The number of ketones is 1. The maximum atomic E-state index is 13.1. The smallest absolute Gasteiger partial charge is 0.269 e. The molecule has 0 aliphatic rings. The number of rotatable bonds is 6. The number of thiophene rings is 1. The van der Waals surface area contributed by atoms with Crippen molar-refractivity contribution in [2.24, 2.45) is 0 Å². The Morgan fingerprint density at radius 1 is 1.12 bits per heavy atom. The van der Waals surface area contributed by atoms with Crippen molar-refractivity contribution in [3.63, 3.8) is 0 Å². The summed E-state index contributed by atoms with van der Waals surface area (Å²) in [5.74, 6) is -0.460. The Morgan fingerprint density at radius 2 is 1.81 bits per heavy atom. The second-order valence-electron chi connectivity index (χ2n) is 8.60. The van der Waals surface area contributed by atoms with E-state index in [1.165, 1.54) is 22.0 Å². The lowest BCUT2D eigenvalue weighted by atomic mass is 9.86. The van der Waals surface area contributed by atoms with Crippen LogP contribution in [-0.2, 0) is 16.8 Å². The van der Waals surface area contributed by atoms with Gasteiger partial charge in [-0.2, -0.15) is 0 Å². The number of thiazole rings is 1. The summed E-state index contributed by atoms with van der Waals surface area (Å²) in [5.41, 5.74) is 2.50. The summed E-state index contributed by atoms with van der Waals surface area (Å²) < 4.78 is 2.35. The fraction of sp³-hybridized carbons (Fsp3) is 0.320. The molecular weight excluding hydrogens is 440 g/mol. The third-order valence-corrected chi connectivity index (χ3v) is 7.09. The Morgan fingerprint density at radius 3 is 2.38 bits per heavy atom. The molecule has 0 aliphatic heterocycles. The van der Waals surface area contributed by atoms with Crippen LogP contribution in [0.25, 0.3) is 12.2 Å². The van der Waals surface area contributed by atoms with Gasteiger partial charge in [0.1, 0.15) is 11.2 Å². The molecular formula is C25H28N2O3S2. The lowest BCUT2D eigenvalue weighted by Gasteiger charge is -2.18. The first kappa shape index (κ1) is 23.9. The van der Waals surface area contributed by atoms with Crippen molar-refractivity contribution in [3.05, 3.63) is 76.8 Å². The maximum Gasteiger partial charge on any atom is 0.269 e. The molecule has 32 heavy (non-hydrogen) atoms. The number of amides is 1. The van der Waals surface area contributed by atoms with Crippen LogP contribution in [0.3, 0.4) is 0 Å². The summed E-state index contributed by atoms with van der Waals surface area (Å²) in [5, 5.41) is 4.69. The summed E-state index contributed by atoms with van der Waals surface area (Å²) in [4.78, 5) is 39.2. The summed E-state index contributed by atoms with van der Waals surface area (Å²) in [7, 11) is 0. The van der Waals surface area contributed by atoms with Crippen LogP contribution in [0.1, 0.15) is 54.1 Å². The number of nitrogens with zero attached hydrogens (tertiary/aromatic N) is 1. The van der Waals surface area contributed by atoms with Gasteiger partial charge >= 0.3 is 0 Å². The van der Waals surface area contributed by atoms with Crippen molar-refractivity contribution in [1.29, 1.82) is 0 Å². The molecule has 1 amide bonds. The largest absolute Gasteiger partial charge is 0.355 e. The van der Waals surface area contributed by atoms with E-state index in [0.717, 1.165) is 16.0 Å². The highest BCUT2D eigenvalue weighted by Crippen LogP contribution is 2.22. The lowest BCUT2D eigenvalue weighted by Crippen LogP contribution is -2.38. The van der Waals surface area contributed by atoms with E-state index in [1.54, 1.807) is 23.5 Å². The number of nitrogens with one attached hydrogen (secondary N) is 1. The van der Waals surface area contributed by atoms with Crippen LogP contribution in [0, 0.1) is 6.92 Å². The van der Waals surface area contributed by atoms with Crippen LogP contribution in [-0.4, -0.2) is 22.8 Å². The van der Waals surface area contributed by atoms with Crippen molar-refractivity contribution in [2.45, 2.75) is 46.6 Å². The molecule has 0 unspecified atom stereocenters. The Labute approximate surface area is 195 Å². The van der Waals surface area contributed by atoms with Gasteiger partial charge in [0.15, 0.2) is 5.78 Å². The average molecular weight is 469 g/mol. The van der Waals surface area contributed by atoms with E-state index in [1.807, 2.05) is 43.5 Å². The van der Waals surface area contributed by atoms with Crippen molar-refractivity contribution >= 4 is 46.5 Å². The van der Waals surface area contributed by atoms with Gasteiger partial charge in [-0.25, -0.2) is 0 Å². The fourth-order valence-electron chi connectivity index (χ4n) is 3.17. The zero-order chi connectivity index (χ0) is 23.5. The van der Waals surface area contributed by atoms with Crippen LogP contribution >= 0.6 is 22.7 Å². The van der Waals surface area contributed by atoms with Crippen molar-refractivity contribution in [3.8, 4) is 0 Å². The van der Waals surface area contributed by atoms with E-state index in [0.29, 0.717) is 21.3 Å². The van der Waals surface area contributed by atoms with Crippen molar-refractivity contribution in [2.75, 3.05) is 6.54 Å². The number of carbonyl (C=O) groups is 2. The van der Waals surface area contributed by atoms with E-state index < -0.39 is 0 Å². The van der Waals surface area contributed by atoms with Crippen molar-refractivity contribution < 1.29 is 9.59 Å². The molecule has 168 valence electrons. The molecule has 3 rings (SSSR count). The summed E-state index contributed by atoms with van der Waals surface area (Å²) in [6, 6.07) is 9.52. The molecule has 0 spiro atoms. The van der Waals surface area contributed by atoms with Gasteiger partial charge in [0.2, 0.25) is 5.91 Å². The molecule has 2 aromatic heterocycles. The summed E-state index contributed by atoms with van der Waals surface area (Å²) in [6.45, 7) is 10.5. The minimum atomic E-state index is -0.267. The molecule has 5 nitrogen and oxygen atoms in total. The minimum Gasteiger partial charge on any atom is -0.355 e. The van der Waals surface area contributed by atoms with Gasteiger partial charge in [-0.3, -0.25) is 19.0 Å². The Balaban J connectivity index is 2.08. The fourth-order valence-corrected chi connectivity index (χ4v) is 5.13. The molecule has 0 atom stereocenters. The maximum absolute atomic E-state index is 13.1. The molecule has 0 bridgehead atoms. The van der Waals surface area contributed by atoms with Gasteiger partial charge in [0.25, 0.3) is 5.56 Å². The van der Waals surface area contributed by atoms with Crippen LogP contribution in [0.5, 0.6) is 0 Å². The van der Waals surface area contributed by atoms with Gasteiger partial charge < -0.3 is 5.32 Å². The third-order valence-electron chi connectivity index (χ3n) is 5.07. The van der Waals surface area contributed by atoms with E-state index >= 15 is 0 Å². The number of aromatic nitrogens is 1. The molecule has 0 aliphatic carbocycles. The first-order valence-electron chi connectivity index (χ1n) is 10.5. The summed E-state index contributed by atoms with van der Waals surface area (Å²) in [6.07, 6.45) is 3.29. The second-order valence-corrected chi connectivity index (χ2v) is 10.6. The predicted molar refractivity (Wildman–Crippen MR) is 133 cm³/mol. The Hall–Kier alpha value is -2.77. The first-order valence-corrected chi connectivity index (χ1v) is 12.2. The molecule has 1 N–H and O–H groups in total. The van der Waals surface area contributed by atoms with Crippen LogP contribution in [0.2, 0.25) is 0 Å². The molecule has 0 radical (unpaired) electrons. The number of aryl methyl sites for hydroxylation is 1. The van der Waals surface area contributed by atoms with Gasteiger partial charge in [0.05, 0.1) is 4.53 Å². The second kappa shape index (κ2) is 9.79. The van der Waals surface area contributed by atoms with Gasteiger partial charge in [-0.05, 0) is 47.9 Å². The number of likely N-dealkylation sites (N-methyl/N-ethyl adjacent to an activating group) is 1. The molecule has 0 saturated heterocycles. The third kappa shape index (κ3) is 5.53. The van der Waals surface area contributed by atoms with Gasteiger partial charge in [-0.15, -0.1) is 22.7 Å². The molecule has 2 heterocycles. The zero-order valence-corrected chi connectivity index (χ0v) is 20.7. The monoisotopic (exact) mass is 468 g/mol.